The van der Waals surface area contributed by atoms with E-state index in [0.29, 0.717) is 34.7 Å². The van der Waals surface area contributed by atoms with Gasteiger partial charge in [0.1, 0.15) is 0 Å². The molecule has 0 aliphatic carbocycles. The molecule has 118 valence electrons. The van der Waals surface area contributed by atoms with Gasteiger partial charge >= 0.3 is 0 Å². The Kier molecular flexibility index (Phi) is 7.53. The zero-order valence-corrected chi connectivity index (χ0v) is 14.3. The summed E-state index contributed by atoms with van der Waals surface area (Å²) in [6.45, 7) is 5.08. The molecule has 0 spiro atoms. The van der Waals surface area contributed by atoms with E-state index >= 15 is 0 Å². The zero-order chi connectivity index (χ0) is 15.8. The summed E-state index contributed by atoms with van der Waals surface area (Å²) in [7, 11) is 1.55. The minimum Gasteiger partial charge on any atom is -0.493 e. The molecule has 21 heavy (non-hydrogen) atoms. The molecule has 0 saturated carbocycles. The first-order valence-corrected chi connectivity index (χ1v) is 7.83. The van der Waals surface area contributed by atoms with Crippen molar-refractivity contribution in [3.05, 3.63) is 22.2 Å². The Bertz CT molecular complexity index is 478. The van der Waals surface area contributed by atoms with Crippen LogP contribution in [0.3, 0.4) is 0 Å². The molecule has 0 aromatic heterocycles. The number of methoxy groups -OCH3 is 1. The van der Waals surface area contributed by atoms with Gasteiger partial charge in [-0.2, -0.15) is 0 Å². The number of nitrogens with two attached hydrogens (primary N) is 1. The van der Waals surface area contributed by atoms with Crippen LogP contribution in [-0.2, 0) is 0 Å². The summed E-state index contributed by atoms with van der Waals surface area (Å²) in [6, 6.07) is 3.47. The summed E-state index contributed by atoms with van der Waals surface area (Å²) in [5, 5.41) is 2.84. The van der Waals surface area contributed by atoms with E-state index in [4.69, 9.17) is 15.2 Å². The molecule has 1 aromatic carbocycles. The number of hydrogen-bond acceptors (Lipinski definition) is 4. The first-order valence-electron chi connectivity index (χ1n) is 7.03. The number of nitrogens with one attached hydrogen (secondary N) is 1. The molecule has 1 rings (SSSR count). The Labute approximate surface area is 134 Å². The van der Waals surface area contributed by atoms with E-state index in [1.54, 1.807) is 19.2 Å². The van der Waals surface area contributed by atoms with Gasteiger partial charge in [-0.3, -0.25) is 4.79 Å². The molecule has 0 aliphatic heterocycles. The van der Waals surface area contributed by atoms with Crippen LogP contribution in [0.5, 0.6) is 11.5 Å². The van der Waals surface area contributed by atoms with Crippen LogP contribution >= 0.6 is 15.9 Å². The predicted octanol–water partition coefficient (Wildman–Crippen LogP) is 2.71. The van der Waals surface area contributed by atoms with Crippen LogP contribution in [0.15, 0.2) is 16.6 Å². The van der Waals surface area contributed by atoms with Crippen LogP contribution in [0.25, 0.3) is 0 Å². The van der Waals surface area contributed by atoms with Gasteiger partial charge < -0.3 is 20.5 Å². The Hall–Kier alpha value is -1.27. The molecule has 0 saturated heterocycles. The summed E-state index contributed by atoms with van der Waals surface area (Å²) >= 11 is 3.42. The van der Waals surface area contributed by atoms with Gasteiger partial charge in [-0.15, -0.1) is 0 Å². The minimum atomic E-state index is -0.156. The molecule has 6 heteroatoms. The van der Waals surface area contributed by atoms with Crippen LogP contribution in [0.1, 0.15) is 37.0 Å². The molecular formula is C15H23BrN2O3. The van der Waals surface area contributed by atoms with Crippen molar-refractivity contribution in [2.45, 2.75) is 32.7 Å². The monoisotopic (exact) mass is 358 g/mol. The van der Waals surface area contributed by atoms with Crippen molar-refractivity contribution in [2.75, 3.05) is 20.3 Å². The number of benzene rings is 1. The van der Waals surface area contributed by atoms with Crippen molar-refractivity contribution < 1.29 is 14.3 Å². The standard InChI is InChI=1S/C15H23BrN2O3/c1-4-7-21-14-12(16)8-11(9-13(14)20-3)15(19)18-6-5-10(2)17/h8-10H,4-7,17H2,1-3H3,(H,18,19). The first-order chi connectivity index (χ1) is 9.99. The van der Waals surface area contributed by atoms with E-state index < -0.39 is 0 Å². The first kappa shape index (κ1) is 17.8. The van der Waals surface area contributed by atoms with Crippen molar-refractivity contribution in [3.8, 4) is 11.5 Å². The summed E-state index contributed by atoms with van der Waals surface area (Å²) < 4.78 is 11.6. The average molecular weight is 359 g/mol. The number of halogens is 1. The SMILES string of the molecule is CCCOc1c(Br)cc(C(=O)NCCC(C)N)cc1OC. The lowest BCUT2D eigenvalue weighted by Gasteiger charge is -2.14. The minimum absolute atomic E-state index is 0.0661. The Morgan fingerprint density at radius 1 is 1.48 bits per heavy atom. The Morgan fingerprint density at radius 2 is 2.19 bits per heavy atom. The van der Waals surface area contributed by atoms with Gasteiger partial charge in [0.25, 0.3) is 5.91 Å². The molecule has 0 bridgehead atoms. The normalized spacial score (nSPS) is 11.9. The Morgan fingerprint density at radius 3 is 2.76 bits per heavy atom. The van der Waals surface area contributed by atoms with Gasteiger partial charge in [0.05, 0.1) is 18.2 Å². The third-order valence-corrected chi connectivity index (χ3v) is 3.42. The number of carbonyl (C=O) groups excluding carboxylic acids is 1. The number of carbonyl (C=O) groups is 1. The van der Waals surface area contributed by atoms with Crippen molar-refractivity contribution in [2.24, 2.45) is 5.73 Å². The van der Waals surface area contributed by atoms with E-state index in [2.05, 4.69) is 21.2 Å². The predicted molar refractivity (Wildman–Crippen MR) is 87.1 cm³/mol. The fourth-order valence-electron chi connectivity index (χ4n) is 1.71. The summed E-state index contributed by atoms with van der Waals surface area (Å²) in [5.74, 6) is 0.998. The maximum atomic E-state index is 12.1. The van der Waals surface area contributed by atoms with Crippen molar-refractivity contribution in [3.63, 3.8) is 0 Å². The molecule has 5 nitrogen and oxygen atoms in total. The highest BCUT2D eigenvalue weighted by atomic mass is 79.9. The van der Waals surface area contributed by atoms with E-state index in [9.17, 15) is 4.79 Å². The molecule has 3 N–H and O–H groups in total. The fraction of sp³-hybridized carbons (Fsp3) is 0.533. The lowest BCUT2D eigenvalue weighted by atomic mass is 10.1. The van der Waals surface area contributed by atoms with Gasteiger partial charge in [-0.25, -0.2) is 0 Å². The molecule has 0 heterocycles. The smallest absolute Gasteiger partial charge is 0.251 e. The number of hydrogen-bond donors (Lipinski definition) is 2. The maximum Gasteiger partial charge on any atom is 0.251 e. The number of amides is 1. The van der Waals surface area contributed by atoms with Crippen LogP contribution < -0.4 is 20.5 Å². The molecule has 1 atom stereocenters. The largest absolute Gasteiger partial charge is 0.493 e. The van der Waals surface area contributed by atoms with Gasteiger partial charge in [-0.05, 0) is 47.8 Å². The summed E-state index contributed by atoms with van der Waals surface area (Å²) in [6.07, 6.45) is 1.64. The topological polar surface area (TPSA) is 73.6 Å². The average Bonchev–Trinajstić information content (AvgIpc) is 2.44. The van der Waals surface area contributed by atoms with Gasteiger partial charge in [0.2, 0.25) is 0 Å². The third-order valence-electron chi connectivity index (χ3n) is 2.83. The Balaban J connectivity index is 2.84. The number of ether oxygens (including phenoxy) is 2. The van der Waals surface area contributed by atoms with E-state index in [0.717, 1.165) is 12.8 Å². The lowest BCUT2D eigenvalue weighted by Crippen LogP contribution is -2.29. The summed E-state index contributed by atoms with van der Waals surface area (Å²) in [5.41, 5.74) is 6.18. The quantitative estimate of drug-likeness (QED) is 0.749. The molecule has 1 amide bonds. The molecule has 1 unspecified atom stereocenters. The molecule has 1 aromatic rings. The fourth-order valence-corrected chi connectivity index (χ4v) is 2.27. The second-order valence-corrected chi connectivity index (χ2v) is 5.71. The highest BCUT2D eigenvalue weighted by Gasteiger charge is 2.15. The zero-order valence-electron chi connectivity index (χ0n) is 12.7. The molecule has 0 radical (unpaired) electrons. The van der Waals surface area contributed by atoms with Crippen LogP contribution in [0.4, 0.5) is 0 Å². The van der Waals surface area contributed by atoms with Gasteiger partial charge in [0.15, 0.2) is 11.5 Å². The van der Waals surface area contributed by atoms with Gasteiger partial charge in [-0.1, -0.05) is 6.92 Å². The molecular weight excluding hydrogens is 336 g/mol. The highest BCUT2D eigenvalue weighted by Crippen LogP contribution is 2.36. The third kappa shape index (κ3) is 5.55. The van der Waals surface area contributed by atoms with E-state index in [1.807, 2.05) is 13.8 Å². The summed E-state index contributed by atoms with van der Waals surface area (Å²) in [4.78, 5) is 12.1. The van der Waals surface area contributed by atoms with Crippen molar-refractivity contribution in [1.82, 2.24) is 5.32 Å². The van der Waals surface area contributed by atoms with Crippen LogP contribution in [0.2, 0.25) is 0 Å². The maximum absolute atomic E-state index is 12.1. The van der Waals surface area contributed by atoms with Gasteiger partial charge in [0, 0.05) is 18.2 Å². The van der Waals surface area contributed by atoms with E-state index in [1.165, 1.54) is 0 Å². The number of rotatable bonds is 8. The lowest BCUT2D eigenvalue weighted by molar-refractivity contribution is 0.0952. The second kappa shape index (κ2) is 8.89. The molecule has 0 fully saturated rings. The second-order valence-electron chi connectivity index (χ2n) is 4.86. The van der Waals surface area contributed by atoms with Crippen LogP contribution in [0, 0.1) is 0 Å². The van der Waals surface area contributed by atoms with Crippen molar-refractivity contribution in [1.29, 1.82) is 0 Å². The van der Waals surface area contributed by atoms with E-state index in [-0.39, 0.29) is 11.9 Å². The van der Waals surface area contributed by atoms with Crippen LogP contribution in [-0.4, -0.2) is 32.2 Å². The molecule has 0 aliphatic rings. The highest BCUT2D eigenvalue weighted by molar-refractivity contribution is 9.10. The van der Waals surface area contributed by atoms with Crippen molar-refractivity contribution >= 4 is 21.8 Å².